The molecule has 0 radical (unpaired) electrons. The van der Waals surface area contributed by atoms with Crippen molar-refractivity contribution < 1.29 is 51.7 Å². The summed E-state index contributed by atoms with van der Waals surface area (Å²) in [6.45, 7) is 8.12. The molecule has 1 unspecified atom stereocenters. The molecular weight excluding hydrogens is 395 g/mol. The van der Waals surface area contributed by atoms with Crippen LogP contribution in [0.2, 0.25) is 0 Å². The van der Waals surface area contributed by atoms with Gasteiger partial charge in [0.05, 0.1) is 5.69 Å². The smallest absolute Gasteiger partial charge is 0.0702 e. The van der Waals surface area contributed by atoms with Crippen LogP contribution in [-0.4, -0.2) is 11.8 Å². The topological polar surface area (TPSA) is 21.6 Å². The van der Waals surface area contributed by atoms with Crippen LogP contribution in [0.15, 0.2) is 35.3 Å². The van der Waals surface area contributed by atoms with Crippen LogP contribution in [0.4, 0.5) is 5.69 Å². The molecule has 3 heteroatoms. The Hall–Kier alpha value is 0.109. The Bertz CT molecular complexity index is 479. The van der Waals surface area contributed by atoms with E-state index in [0.717, 1.165) is 18.5 Å². The number of para-hydroxylation sites is 1. The molecule has 1 aliphatic heterocycles. The molecule has 2 nitrogen and oxygen atoms in total. The van der Waals surface area contributed by atoms with Crippen LogP contribution in [0, 0.1) is 53.5 Å². The predicted octanol–water partition coefficient (Wildman–Crippen LogP) is 4.54. The van der Waals surface area contributed by atoms with E-state index in [1.165, 1.54) is 16.8 Å². The van der Waals surface area contributed by atoms with E-state index < -0.39 is 0 Å². The van der Waals surface area contributed by atoms with Crippen LogP contribution >= 0.6 is 0 Å². The quantitative estimate of drug-likeness (QED) is 0.650. The summed E-state index contributed by atoms with van der Waals surface area (Å²) in [4.78, 5) is 4.80. The molecule has 0 aromatic heterocycles. The molecule has 0 aliphatic carbocycles. The van der Waals surface area contributed by atoms with Gasteiger partial charge in [0.25, 0.3) is 0 Å². The van der Waals surface area contributed by atoms with Gasteiger partial charge >= 0.3 is 0 Å². The summed E-state index contributed by atoms with van der Waals surface area (Å²) in [5.74, 6) is 0. The van der Waals surface area contributed by atoms with Gasteiger partial charge in [-0.2, -0.15) is 0 Å². The van der Waals surface area contributed by atoms with Crippen molar-refractivity contribution in [2.75, 3.05) is 0 Å². The zero-order chi connectivity index (χ0) is 13.0. The van der Waals surface area contributed by atoms with E-state index in [2.05, 4.69) is 45.0 Å². The van der Waals surface area contributed by atoms with Crippen LogP contribution in [0.1, 0.15) is 39.2 Å². The maximum atomic E-state index is 5.43. The van der Waals surface area contributed by atoms with E-state index in [1.54, 1.807) is 0 Å². The van der Waals surface area contributed by atoms with Gasteiger partial charge in [-0.1, -0.05) is 24.3 Å². The number of benzene rings is 1. The predicted molar refractivity (Wildman–Crippen MR) is 76.9 cm³/mol. The maximum absolute atomic E-state index is 5.43. The Morgan fingerprint density at radius 2 is 2.16 bits per heavy atom. The fraction of sp³-hybridized carbons (Fsp3) is 0.375. The molecule has 1 atom stereocenters. The van der Waals surface area contributed by atoms with Gasteiger partial charge in [0.2, 0.25) is 0 Å². The van der Waals surface area contributed by atoms with E-state index in [-0.39, 0.29) is 53.0 Å². The SMILES string of the molecule is C/C=C(/C)c1ccccc1N=C1C[CH-]OC(C)C1.[Yb]. The molecule has 1 aromatic carbocycles. The summed E-state index contributed by atoms with van der Waals surface area (Å²) in [7, 11) is 0. The number of allylic oxidation sites excluding steroid dienone is 2. The second-order valence-corrected chi connectivity index (χ2v) is 4.69. The Morgan fingerprint density at radius 3 is 2.84 bits per heavy atom. The Morgan fingerprint density at radius 1 is 1.42 bits per heavy atom. The van der Waals surface area contributed by atoms with E-state index in [4.69, 9.17) is 9.73 Å². The maximum Gasteiger partial charge on any atom is 0.0702 e. The van der Waals surface area contributed by atoms with Crippen molar-refractivity contribution >= 4 is 17.0 Å². The molecular formula is C16H20NOYb-. The summed E-state index contributed by atoms with van der Waals surface area (Å²) in [5.41, 5.74) is 4.74. The van der Waals surface area contributed by atoms with Crippen molar-refractivity contribution in [2.45, 2.75) is 39.7 Å². The molecule has 0 bridgehead atoms. The van der Waals surface area contributed by atoms with Gasteiger partial charge in [0, 0.05) is 65.0 Å². The summed E-state index contributed by atoms with van der Waals surface area (Å²) in [6, 6.07) is 8.31. The average molecular weight is 415 g/mol. The first-order valence-electron chi connectivity index (χ1n) is 6.46. The molecule has 1 fully saturated rings. The molecule has 0 amide bonds. The van der Waals surface area contributed by atoms with Crippen molar-refractivity contribution in [3.63, 3.8) is 0 Å². The first kappa shape index (κ1) is 17.2. The molecule has 0 saturated carbocycles. The molecule has 0 spiro atoms. The molecule has 19 heavy (non-hydrogen) atoms. The summed E-state index contributed by atoms with van der Waals surface area (Å²) < 4.78 is 5.43. The zero-order valence-electron chi connectivity index (χ0n) is 11.6. The van der Waals surface area contributed by atoms with E-state index >= 15 is 0 Å². The largest absolute Gasteiger partial charge is 0.549 e. The molecule has 1 aromatic rings. The standard InChI is InChI=1S/C16H20NO.Yb/c1-4-12(2)15-7-5-6-8-16(15)17-14-9-10-18-13(3)11-14;/h4-8,10,13H,9,11H2,1-3H3;/q-1;/b12-4-,17-14?;. The second-order valence-electron chi connectivity index (χ2n) is 4.69. The second kappa shape index (κ2) is 8.41. The molecule has 1 aliphatic rings. The van der Waals surface area contributed by atoms with Crippen LogP contribution in [0.25, 0.3) is 5.57 Å². The van der Waals surface area contributed by atoms with Crippen LogP contribution < -0.4 is 0 Å². The van der Waals surface area contributed by atoms with Crippen molar-refractivity contribution in [3.05, 3.63) is 42.5 Å². The number of hydrogen-bond acceptors (Lipinski definition) is 2. The summed E-state index contributed by atoms with van der Waals surface area (Å²) >= 11 is 0. The van der Waals surface area contributed by atoms with Crippen molar-refractivity contribution in [2.24, 2.45) is 4.99 Å². The van der Waals surface area contributed by atoms with Gasteiger partial charge in [-0.25, -0.2) is 6.61 Å². The van der Waals surface area contributed by atoms with Crippen molar-refractivity contribution in [1.29, 1.82) is 0 Å². The molecule has 2 rings (SSSR count). The molecule has 1 heterocycles. The number of ether oxygens (including phenoxy) is 1. The van der Waals surface area contributed by atoms with Gasteiger partial charge < -0.3 is 4.74 Å². The number of hydrogen-bond donors (Lipinski definition) is 0. The van der Waals surface area contributed by atoms with Crippen molar-refractivity contribution in [1.82, 2.24) is 0 Å². The fourth-order valence-electron chi connectivity index (χ4n) is 2.09. The van der Waals surface area contributed by atoms with Crippen LogP contribution in [0.5, 0.6) is 0 Å². The summed E-state index contributed by atoms with van der Waals surface area (Å²) in [6.07, 6.45) is 4.11. The van der Waals surface area contributed by atoms with Gasteiger partial charge in [0.1, 0.15) is 0 Å². The first-order valence-corrected chi connectivity index (χ1v) is 6.46. The fourth-order valence-corrected chi connectivity index (χ4v) is 2.09. The third-order valence-corrected chi connectivity index (χ3v) is 3.21. The van der Waals surface area contributed by atoms with Gasteiger partial charge in [-0.05, 0) is 38.1 Å². The minimum atomic E-state index is 0. The van der Waals surface area contributed by atoms with Gasteiger partial charge in [-0.15, -0.1) is 6.42 Å². The number of rotatable bonds is 2. The molecule has 1 saturated heterocycles. The van der Waals surface area contributed by atoms with Crippen LogP contribution in [0.3, 0.4) is 0 Å². The molecule has 110 valence electrons. The Balaban J connectivity index is 0.00000180. The normalized spacial score (nSPS) is 22.2. The average Bonchev–Trinajstić information content (AvgIpc) is 2.38. The van der Waals surface area contributed by atoms with Gasteiger partial charge in [-0.3, -0.25) is 4.99 Å². The van der Waals surface area contributed by atoms with Gasteiger partial charge in [0.15, 0.2) is 0 Å². The third kappa shape index (κ3) is 4.86. The molecule has 0 N–H and O–H groups in total. The number of nitrogens with zero attached hydrogens (tertiary/aromatic N) is 1. The van der Waals surface area contributed by atoms with Crippen molar-refractivity contribution in [3.8, 4) is 0 Å². The Labute approximate surface area is 154 Å². The minimum absolute atomic E-state index is 0. The number of aliphatic imine (C=N–C) groups is 1. The summed E-state index contributed by atoms with van der Waals surface area (Å²) in [5, 5.41) is 0. The zero-order valence-corrected chi connectivity index (χ0v) is 13.3. The van der Waals surface area contributed by atoms with E-state index in [9.17, 15) is 0 Å². The van der Waals surface area contributed by atoms with E-state index in [0.29, 0.717) is 0 Å². The first-order chi connectivity index (χ1) is 8.70. The Kier molecular flexibility index (Phi) is 7.59. The monoisotopic (exact) mass is 416 g/mol. The minimum Gasteiger partial charge on any atom is -0.549 e. The third-order valence-electron chi connectivity index (χ3n) is 3.21. The van der Waals surface area contributed by atoms with E-state index in [1.807, 2.05) is 12.7 Å². The van der Waals surface area contributed by atoms with Crippen LogP contribution in [-0.2, 0) is 4.74 Å².